The minimum atomic E-state index is -2.19. The molecule has 0 aromatic carbocycles. The smallest absolute Gasteiger partial charge is 0.543 e. The zero-order valence-electron chi connectivity index (χ0n) is 8.90. The van der Waals surface area contributed by atoms with Crippen LogP contribution in [0.1, 0.15) is 0 Å². The van der Waals surface area contributed by atoms with Crippen LogP contribution in [0, 0.1) is 0 Å². The summed E-state index contributed by atoms with van der Waals surface area (Å²) in [4.78, 5) is 53.6. The molecule has 104 valence electrons. The van der Waals surface area contributed by atoms with Crippen LogP contribution in [0.4, 0.5) is 0 Å². The molecule has 14 heteroatoms. The Hall–Kier alpha value is -1.75. The van der Waals surface area contributed by atoms with Crippen molar-refractivity contribution in [3.63, 3.8) is 0 Å². The molecule has 0 atom stereocenters. The Labute approximate surface area is 138 Å². The van der Waals surface area contributed by atoms with Gasteiger partial charge in [0.05, 0.1) is 35.8 Å². The van der Waals surface area contributed by atoms with Crippen LogP contribution >= 0.6 is 0 Å². The quantitative estimate of drug-likeness (QED) is 0.289. The number of carbonyl (C=O) groups is 6. The first-order valence-corrected chi connectivity index (χ1v) is 3.20. The van der Waals surface area contributed by atoms with E-state index in [9.17, 15) is 0 Å². The van der Waals surface area contributed by atoms with E-state index in [0.29, 0.717) is 0 Å². The third-order valence-electron chi connectivity index (χ3n) is 0.500. The predicted octanol–water partition coefficient (Wildman–Crippen LogP) is -10.5. The van der Waals surface area contributed by atoms with Crippen LogP contribution in [-0.2, 0) is 72.2 Å². The summed E-state index contributed by atoms with van der Waals surface area (Å²) in [5.74, 6) is -13.1. The van der Waals surface area contributed by atoms with Gasteiger partial charge in [-0.1, -0.05) is 0 Å². The number of carbonyl (C=O) groups excluding carboxylic acids is 6. The van der Waals surface area contributed by atoms with Gasteiger partial charge in [0.2, 0.25) is 0 Å². The van der Waals surface area contributed by atoms with E-state index < -0.39 is 35.8 Å². The number of carboxylic acids is 6. The number of hydrogen-bond donors (Lipinski definition) is 0. The molecule has 0 aliphatic rings. The summed E-state index contributed by atoms with van der Waals surface area (Å²) in [5, 5.41) is 53.6. The second-order valence-corrected chi connectivity index (χ2v) is 1.72. The molecule has 0 N–H and O–H groups in total. The fourth-order valence-corrected chi connectivity index (χ4v) is 0. The van der Waals surface area contributed by atoms with Crippen LogP contribution in [0.15, 0.2) is 0 Å². The summed E-state index contributed by atoms with van der Waals surface area (Å²) in [7, 11) is 0. The van der Waals surface area contributed by atoms with Crippen molar-refractivity contribution in [2.24, 2.45) is 0 Å². The molecule has 0 fully saturated rings. The number of carboxylic acid groups (broad SMARTS) is 6. The summed E-state index contributed by atoms with van der Waals surface area (Å²) in [5.41, 5.74) is 0. The molecule has 0 aromatic heterocycles. The van der Waals surface area contributed by atoms with Crippen LogP contribution in [0.5, 0.6) is 0 Å². The van der Waals surface area contributed by atoms with Crippen molar-refractivity contribution in [2.45, 2.75) is 0 Å². The summed E-state index contributed by atoms with van der Waals surface area (Å²) < 4.78 is 0. The van der Waals surface area contributed by atoms with E-state index in [1.165, 1.54) is 0 Å². The maximum atomic E-state index is 8.93. The maximum Gasteiger partial charge on any atom is 3.00 e. The molecule has 0 heterocycles. The van der Waals surface area contributed by atoms with Gasteiger partial charge < -0.3 is 59.4 Å². The molecule has 20 heavy (non-hydrogen) atoms. The Morgan fingerprint density at radius 1 is 0.350 bits per heavy atom. The van der Waals surface area contributed by atoms with Crippen molar-refractivity contribution in [1.29, 1.82) is 0 Å². The van der Waals surface area contributed by atoms with Crippen molar-refractivity contribution >= 4 is 35.8 Å². The van der Waals surface area contributed by atoms with E-state index in [1.54, 1.807) is 0 Å². The summed E-state index contributed by atoms with van der Waals surface area (Å²) in [6.07, 6.45) is 0. The van der Waals surface area contributed by atoms with Crippen molar-refractivity contribution in [3.8, 4) is 0 Å². The molecule has 0 aliphatic heterocycles. The third-order valence-corrected chi connectivity index (χ3v) is 0.500. The summed E-state index contributed by atoms with van der Waals surface area (Å²) >= 11 is 0. The molecule has 0 bridgehead atoms. The van der Waals surface area contributed by atoms with Crippen LogP contribution in [-0.4, -0.2) is 35.8 Å². The zero-order valence-corrected chi connectivity index (χ0v) is 12.0. The van der Waals surface area contributed by atoms with Gasteiger partial charge in [0.25, 0.3) is 0 Å². The molecular formula is C6O12Ti2. The minimum absolute atomic E-state index is 0. The molecule has 0 aliphatic carbocycles. The monoisotopic (exact) mass is 360 g/mol. The summed E-state index contributed by atoms with van der Waals surface area (Å²) in [6.45, 7) is 0. The summed E-state index contributed by atoms with van der Waals surface area (Å²) in [6, 6.07) is 0. The number of hydrogen-bond acceptors (Lipinski definition) is 12. The van der Waals surface area contributed by atoms with Crippen LogP contribution in [0.3, 0.4) is 0 Å². The molecule has 0 amide bonds. The van der Waals surface area contributed by atoms with Gasteiger partial charge in [0, 0.05) is 0 Å². The number of rotatable bonds is 0. The largest absolute Gasteiger partial charge is 3.00 e. The molecule has 2 radical (unpaired) electrons. The average Bonchev–Trinajstić information content (AvgIpc) is 2.18. The first-order valence-electron chi connectivity index (χ1n) is 3.20. The van der Waals surface area contributed by atoms with E-state index in [4.69, 9.17) is 59.4 Å². The Balaban J connectivity index is -0.0000000536. The normalized spacial score (nSPS) is 6.60. The predicted molar refractivity (Wildman–Crippen MR) is 30.0 cm³/mol. The second-order valence-electron chi connectivity index (χ2n) is 1.72. The topological polar surface area (TPSA) is 241 Å². The molecule has 12 nitrogen and oxygen atoms in total. The molecular weight excluding hydrogens is 360 g/mol. The van der Waals surface area contributed by atoms with Gasteiger partial charge in [-0.25, -0.2) is 0 Å². The molecule has 0 saturated carbocycles. The van der Waals surface area contributed by atoms with Gasteiger partial charge in [-0.15, -0.1) is 0 Å². The Morgan fingerprint density at radius 3 is 0.400 bits per heavy atom. The van der Waals surface area contributed by atoms with E-state index in [-0.39, 0.29) is 43.4 Å². The van der Waals surface area contributed by atoms with E-state index >= 15 is 0 Å². The fraction of sp³-hybridized carbons (Fsp3) is 0. The molecule has 0 rings (SSSR count). The van der Waals surface area contributed by atoms with Crippen LogP contribution in [0.2, 0.25) is 0 Å². The fourth-order valence-electron chi connectivity index (χ4n) is 0. The van der Waals surface area contributed by atoms with Crippen LogP contribution in [0.25, 0.3) is 0 Å². The zero-order chi connectivity index (χ0) is 15.5. The van der Waals surface area contributed by atoms with Crippen molar-refractivity contribution < 1.29 is 103 Å². The van der Waals surface area contributed by atoms with E-state index in [1.807, 2.05) is 0 Å². The minimum Gasteiger partial charge on any atom is -0.543 e. The number of aliphatic carboxylic acids is 6. The Morgan fingerprint density at radius 2 is 0.400 bits per heavy atom. The van der Waals surface area contributed by atoms with Crippen molar-refractivity contribution in [3.05, 3.63) is 0 Å². The average molecular weight is 360 g/mol. The van der Waals surface area contributed by atoms with Crippen molar-refractivity contribution in [1.82, 2.24) is 0 Å². The maximum absolute atomic E-state index is 8.93. The van der Waals surface area contributed by atoms with Gasteiger partial charge in [-0.3, -0.25) is 0 Å². The molecule has 0 aromatic rings. The molecule has 0 saturated heterocycles. The molecule has 0 unspecified atom stereocenters. The van der Waals surface area contributed by atoms with Gasteiger partial charge in [-0.05, 0) is 0 Å². The first-order chi connectivity index (χ1) is 7.93. The van der Waals surface area contributed by atoms with E-state index in [0.717, 1.165) is 0 Å². The second kappa shape index (κ2) is 17.2. The van der Waals surface area contributed by atoms with E-state index in [2.05, 4.69) is 0 Å². The standard InChI is InChI=1S/3C2H2O4.2Ti/c3*3-1(4)2(5)6;;/h3*(H,3,4)(H,5,6);;/q;;;2*+3/p-6. The van der Waals surface area contributed by atoms with Gasteiger partial charge in [-0.2, -0.15) is 0 Å². The van der Waals surface area contributed by atoms with Gasteiger partial charge in [0.15, 0.2) is 0 Å². The first kappa shape index (κ1) is 30.9. The Kier molecular flexibility index (Phi) is 26.7. The van der Waals surface area contributed by atoms with Crippen molar-refractivity contribution in [2.75, 3.05) is 0 Å². The van der Waals surface area contributed by atoms with Gasteiger partial charge >= 0.3 is 43.4 Å². The van der Waals surface area contributed by atoms with Gasteiger partial charge in [0.1, 0.15) is 0 Å². The van der Waals surface area contributed by atoms with Crippen LogP contribution < -0.4 is 30.6 Å². The Bertz CT molecular complexity index is 281. The SMILES string of the molecule is O=C([O-])C(=O)[O-].O=C([O-])C(=O)[O-].O=C([O-])C(=O)[O-].[Ti+3].[Ti+3]. The third kappa shape index (κ3) is 36.0. The molecule has 0 spiro atoms.